The van der Waals surface area contributed by atoms with Gasteiger partial charge in [-0.3, -0.25) is 4.79 Å². The quantitative estimate of drug-likeness (QED) is 0.872. The van der Waals surface area contributed by atoms with Gasteiger partial charge in [-0.2, -0.15) is 5.26 Å². The Kier molecular flexibility index (Phi) is 5.34. The summed E-state index contributed by atoms with van der Waals surface area (Å²) in [5.74, 6) is -1.17. The zero-order chi connectivity index (χ0) is 16.8. The van der Waals surface area contributed by atoms with Gasteiger partial charge in [-0.15, -0.1) is 0 Å². The number of nitrogens with zero attached hydrogens (tertiary/aromatic N) is 1. The number of anilines is 1. The highest BCUT2D eigenvalue weighted by Gasteiger charge is 2.20. The highest BCUT2D eigenvalue weighted by Crippen LogP contribution is 2.15. The minimum atomic E-state index is -1.02. The number of amides is 1. The van der Waals surface area contributed by atoms with E-state index in [4.69, 9.17) is 21.6 Å². The van der Waals surface area contributed by atoms with Crippen molar-refractivity contribution >= 4 is 29.2 Å². The van der Waals surface area contributed by atoms with E-state index in [-0.39, 0.29) is 5.56 Å². The highest BCUT2D eigenvalue weighted by molar-refractivity contribution is 6.30. The topological polar surface area (TPSA) is 79.2 Å². The Morgan fingerprint density at radius 2 is 1.96 bits per heavy atom. The van der Waals surface area contributed by atoms with Crippen molar-refractivity contribution in [2.45, 2.75) is 13.0 Å². The predicted molar refractivity (Wildman–Crippen MR) is 86.1 cm³/mol. The van der Waals surface area contributed by atoms with Gasteiger partial charge in [0.2, 0.25) is 0 Å². The molecule has 0 spiro atoms. The van der Waals surface area contributed by atoms with Crippen molar-refractivity contribution in [3.8, 4) is 6.07 Å². The van der Waals surface area contributed by atoms with E-state index in [2.05, 4.69) is 5.32 Å². The number of para-hydroxylation sites is 1. The first-order chi connectivity index (χ1) is 11.0. The van der Waals surface area contributed by atoms with Gasteiger partial charge < -0.3 is 10.1 Å². The van der Waals surface area contributed by atoms with Gasteiger partial charge in [0.15, 0.2) is 6.10 Å². The maximum absolute atomic E-state index is 12.1. The van der Waals surface area contributed by atoms with Gasteiger partial charge in [0, 0.05) is 5.02 Å². The number of benzene rings is 2. The Morgan fingerprint density at radius 1 is 1.22 bits per heavy atom. The van der Waals surface area contributed by atoms with Gasteiger partial charge in [-0.05, 0) is 37.3 Å². The number of nitrogens with one attached hydrogen (secondary N) is 1. The van der Waals surface area contributed by atoms with Crippen molar-refractivity contribution in [3.05, 3.63) is 64.7 Å². The maximum atomic E-state index is 12.1. The number of hydrogen-bond donors (Lipinski definition) is 1. The number of carbonyl (C=O) groups is 2. The predicted octanol–water partition coefficient (Wildman–Crippen LogP) is 3.40. The highest BCUT2D eigenvalue weighted by atomic mass is 35.5. The number of hydrogen-bond acceptors (Lipinski definition) is 4. The molecule has 0 aliphatic rings. The molecule has 0 heterocycles. The summed E-state index contributed by atoms with van der Waals surface area (Å²) < 4.78 is 5.11. The molecule has 6 heteroatoms. The zero-order valence-electron chi connectivity index (χ0n) is 12.2. The molecule has 5 nitrogen and oxygen atoms in total. The van der Waals surface area contributed by atoms with Crippen molar-refractivity contribution in [2.75, 3.05) is 5.32 Å². The van der Waals surface area contributed by atoms with Crippen LogP contribution in [0.5, 0.6) is 0 Å². The van der Waals surface area contributed by atoms with Crippen LogP contribution in [0.15, 0.2) is 48.5 Å². The number of nitriles is 1. The largest absolute Gasteiger partial charge is 0.449 e. The van der Waals surface area contributed by atoms with Crippen LogP contribution in [0.2, 0.25) is 5.02 Å². The van der Waals surface area contributed by atoms with Gasteiger partial charge in [0.1, 0.15) is 6.07 Å². The first-order valence-electron chi connectivity index (χ1n) is 6.78. The maximum Gasteiger partial charge on any atom is 0.338 e. The molecule has 1 atom stereocenters. The third-order valence-corrected chi connectivity index (χ3v) is 3.25. The molecule has 0 aromatic heterocycles. The Morgan fingerprint density at radius 3 is 2.65 bits per heavy atom. The van der Waals surface area contributed by atoms with Gasteiger partial charge in [0.25, 0.3) is 5.91 Å². The molecular formula is C17H13ClN2O3. The summed E-state index contributed by atoms with van der Waals surface area (Å²) in [5.41, 5.74) is 0.953. The fraction of sp³-hybridized carbons (Fsp3) is 0.118. The molecule has 1 N–H and O–H groups in total. The smallest absolute Gasteiger partial charge is 0.338 e. The molecule has 0 radical (unpaired) electrons. The van der Waals surface area contributed by atoms with E-state index in [1.54, 1.807) is 42.5 Å². The number of esters is 1. The van der Waals surface area contributed by atoms with Crippen molar-refractivity contribution in [1.82, 2.24) is 0 Å². The summed E-state index contributed by atoms with van der Waals surface area (Å²) in [5, 5.41) is 12.0. The van der Waals surface area contributed by atoms with E-state index in [1.165, 1.54) is 13.0 Å². The fourth-order valence-corrected chi connectivity index (χ4v) is 2.01. The zero-order valence-corrected chi connectivity index (χ0v) is 13.0. The standard InChI is InChI=1S/C17H13ClN2O3/c1-11(23-17(22)12-6-4-7-14(18)9-12)16(21)20-15-8-3-2-5-13(15)10-19/h2-9,11H,1H3,(H,20,21). The Balaban J connectivity index is 2.03. The van der Waals surface area contributed by atoms with E-state index in [0.717, 1.165) is 0 Å². The van der Waals surface area contributed by atoms with Crippen LogP contribution < -0.4 is 5.32 Å². The monoisotopic (exact) mass is 328 g/mol. The van der Waals surface area contributed by atoms with Gasteiger partial charge in [0.05, 0.1) is 16.8 Å². The number of rotatable bonds is 4. The van der Waals surface area contributed by atoms with Gasteiger partial charge in [-0.1, -0.05) is 29.8 Å². The molecular weight excluding hydrogens is 316 g/mol. The second kappa shape index (κ2) is 7.43. The van der Waals surface area contributed by atoms with Crippen LogP contribution in [-0.2, 0) is 9.53 Å². The van der Waals surface area contributed by atoms with Crippen LogP contribution in [0.4, 0.5) is 5.69 Å². The number of carbonyl (C=O) groups excluding carboxylic acids is 2. The molecule has 0 bridgehead atoms. The summed E-state index contributed by atoms with van der Waals surface area (Å²) in [4.78, 5) is 24.1. The van der Waals surface area contributed by atoms with Crippen LogP contribution in [0.1, 0.15) is 22.8 Å². The Labute approximate surface area is 138 Å². The molecule has 2 rings (SSSR count). The molecule has 2 aromatic carbocycles. The number of ether oxygens (including phenoxy) is 1. The van der Waals surface area contributed by atoms with Crippen LogP contribution in [-0.4, -0.2) is 18.0 Å². The van der Waals surface area contributed by atoms with Gasteiger partial charge >= 0.3 is 5.97 Å². The Bertz CT molecular complexity index is 783. The summed E-state index contributed by atoms with van der Waals surface area (Å²) in [6.07, 6.45) is -1.02. The van der Waals surface area contributed by atoms with Crippen molar-refractivity contribution in [3.63, 3.8) is 0 Å². The summed E-state index contributed by atoms with van der Waals surface area (Å²) in [6.45, 7) is 1.45. The van der Waals surface area contributed by atoms with E-state index in [0.29, 0.717) is 16.3 Å². The molecule has 0 saturated heterocycles. The van der Waals surface area contributed by atoms with Crippen LogP contribution >= 0.6 is 11.6 Å². The fourth-order valence-electron chi connectivity index (χ4n) is 1.82. The second-order valence-corrected chi connectivity index (χ2v) is 5.14. The Hall–Kier alpha value is -2.84. The molecule has 0 aliphatic carbocycles. The van der Waals surface area contributed by atoms with Crippen LogP contribution in [0.3, 0.4) is 0 Å². The lowest BCUT2D eigenvalue weighted by Crippen LogP contribution is -2.30. The van der Waals surface area contributed by atoms with E-state index in [1.807, 2.05) is 6.07 Å². The first kappa shape index (κ1) is 16.5. The van der Waals surface area contributed by atoms with E-state index in [9.17, 15) is 9.59 Å². The molecule has 0 saturated carbocycles. The first-order valence-corrected chi connectivity index (χ1v) is 7.15. The lowest BCUT2D eigenvalue weighted by atomic mass is 10.2. The lowest BCUT2D eigenvalue weighted by molar-refractivity contribution is -0.123. The SMILES string of the molecule is CC(OC(=O)c1cccc(Cl)c1)C(=O)Nc1ccccc1C#N. The summed E-state index contributed by atoms with van der Waals surface area (Å²) in [6, 6.07) is 14.8. The normalized spacial score (nSPS) is 11.2. The average Bonchev–Trinajstić information content (AvgIpc) is 2.55. The minimum absolute atomic E-state index is 0.259. The number of halogens is 1. The summed E-state index contributed by atoms with van der Waals surface area (Å²) in [7, 11) is 0. The average molecular weight is 329 g/mol. The molecule has 0 aliphatic heterocycles. The molecule has 2 aromatic rings. The van der Waals surface area contributed by atoms with Crippen molar-refractivity contribution in [1.29, 1.82) is 5.26 Å². The van der Waals surface area contributed by atoms with Crippen molar-refractivity contribution in [2.24, 2.45) is 0 Å². The van der Waals surface area contributed by atoms with Crippen LogP contribution in [0, 0.1) is 11.3 Å². The third kappa shape index (κ3) is 4.31. The molecule has 1 amide bonds. The van der Waals surface area contributed by atoms with Crippen molar-refractivity contribution < 1.29 is 14.3 Å². The van der Waals surface area contributed by atoms with Gasteiger partial charge in [-0.25, -0.2) is 4.79 Å². The molecule has 0 fully saturated rings. The minimum Gasteiger partial charge on any atom is -0.449 e. The third-order valence-electron chi connectivity index (χ3n) is 3.02. The lowest BCUT2D eigenvalue weighted by Gasteiger charge is -2.14. The summed E-state index contributed by atoms with van der Waals surface area (Å²) >= 11 is 5.81. The van der Waals surface area contributed by atoms with E-state index >= 15 is 0 Å². The van der Waals surface area contributed by atoms with Crippen LogP contribution in [0.25, 0.3) is 0 Å². The second-order valence-electron chi connectivity index (χ2n) is 4.70. The van der Waals surface area contributed by atoms with E-state index < -0.39 is 18.0 Å². The molecule has 1 unspecified atom stereocenters. The molecule has 116 valence electrons. The molecule has 23 heavy (non-hydrogen) atoms.